The summed E-state index contributed by atoms with van der Waals surface area (Å²) in [7, 11) is 0. The second kappa shape index (κ2) is 7.50. The van der Waals surface area contributed by atoms with E-state index in [1.165, 1.54) is 18.2 Å². The lowest BCUT2D eigenvalue weighted by Crippen LogP contribution is -2.38. The minimum absolute atomic E-state index is 0.00729. The van der Waals surface area contributed by atoms with Gasteiger partial charge in [0.1, 0.15) is 17.5 Å². The van der Waals surface area contributed by atoms with Crippen LogP contribution in [0.4, 0.5) is 22.0 Å². The summed E-state index contributed by atoms with van der Waals surface area (Å²) in [5.74, 6) is -3.24. The number of carbonyl (C=O) groups excluding carboxylic acids is 1. The van der Waals surface area contributed by atoms with Gasteiger partial charge >= 0.3 is 6.43 Å². The Labute approximate surface area is 162 Å². The van der Waals surface area contributed by atoms with Crippen LogP contribution in [0.25, 0.3) is 22.2 Å². The molecule has 1 heterocycles. The molecule has 0 unspecified atom stereocenters. The van der Waals surface area contributed by atoms with Crippen LogP contribution >= 0.6 is 0 Å². The molecule has 0 bridgehead atoms. The van der Waals surface area contributed by atoms with Gasteiger partial charge in [-0.15, -0.1) is 0 Å². The molecule has 2 N–H and O–H groups in total. The van der Waals surface area contributed by atoms with Crippen LogP contribution in [0, 0.1) is 23.4 Å². The van der Waals surface area contributed by atoms with E-state index in [1.807, 2.05) is 0 Å². The van der Waals surface area contributed by atoms with E-state index in [9.17, 15) is 26.7 Å². The second-order valence-electron chi connectivity index (χ2n) is 7.31. The largest absolute Gasteiger partial charge is 0.352 e. The van der Waals surface area contributed by atoms with Crippen LogP contribution in [0.15, 0.2) is 36.4 Å². The standard InChI is InChI=1S/C21H17F5N2O/c22-13-3-1-11(2-4-13)18-17(15-7-14(23)8-16(24)19(15)28-18)12-5-10(6-12)9-27-21(29)20(25)26/h1-4,7-8,10,12,20,28H,5-6,9H2,(H,27,29)/t10-,12+. The molecule has 2 aromatic carbocycles. The molecule has 0 radical (unpaired) electrons. The lowest BCUT2D eigenvalue weighted by atomic mass is 9.70. The molecule has 8 heteroatoms. The molecule has 0 spiro atoms. The summed E-state index contributed by atoms with van der Waals surface area (Å²) in [5.41, 5.74) is 2.08. The number of fused-ring (bicyclic) bond motifs is 1. The molecule has 0 aliphatic heterocycles. The first kappa shape index (κ1) is 19.4. The fraction of sp³-hybridized carbons (Fsp3) is 0.286. The number of benzene rings is 2. The Balaban J connectivity index is 1.65. The first-order chi connectivity index (χ1) is 13.8. The van der Waals surface area contributed by atoms with Crippen molar-refractivity contribution in [2.75, 3.05) is 6.54 Å². The van der Waals surface area contributed by atoms with Crippen molar-refractivity contribution >= 4 is 16.8 Å². The van der Waals surface area contributed by atoms with Gasteiger partial charge in [-0.2, -0.15) is 8.78 Å². The first-order valence-electron chi connectivity index (χ1n) is 9.16. The van der Waals surface area contributed by atoms with Crippen LogP contribution in [0.1, 0.15) is 24.3 Å². The molecule has 1 aliphatic carbocycles. The number of alkyl halides is 2. The normalized spacial score (nSPS) is 18.8. The monoisotopic (exact) mass is 408 g/mol. The molecule has 1 saturated carbocycles. The van der Waals surface area contributed by atoms with E-state index in [1.54, 1.807) is 12.1 Å². The van der Waals surface area contributed by atoms with Crippen LogP contribution in [-0.4, -0.2) is 23.9 Å². The van der Waals surface area contributed by atoms with Gasteiger partial charge in [0.15, 0.2) is 0 Å². The maximum atomic E-state index is 14.3. The summed E-state index contributed by atoms with van der Waals surface area (Å²) in [6, 6.07) is 7.72. The van der Waals surface area contributed by atoms with Crippen molar-refractivity contribution in [3.05, 3.63) is 59.4 Å². The first-order valence-corrected chi connectivity index (χ1v) is 9.16. The zero-order chi connectivity index (χ0) is 20.7. The van der Waals surface area contributed by atoms with Crippen molar-refractivity contribution in [2.24, 2.45) is 5.92 Å². The molecule has 1 amide bonds. The van der Waals surface area contributed by atoms with Crippen molar-refractivity contribution in [2.45, 2.75) is 25.2 Å². The molecule has 29 heavy (non-hydrogen) atoms. The Morgan fingerprint density at radius 2 is 1.76 bits per heavy atom. The Bertz CT molecular complexity index is 1060. The Kier molecular flexibility index (Phi) is 5.02. The van der Waals surface area contributed by atoms with Crippen molar-refractivity contribution in [1.82, 2.24) is 10.3 Å². The number of hydrogen-bond donors (Lipinski definition) is 2. The Morgan fingerprint density at radius 3 is 2.41 bits per heavy atom. The number of halogens is 5. The van der Waals surface area contributed by atoms with E-state index in [0.717, 1.165) is 6.07 Å². The van der Waals surface area contributed by atoms with E-state index in [0.29, 0.717) is 35.0 Å². The van der Waals surface area contributed by atoms with Gasteiger partial charge in [0.05, 0.1) is 11.2 Å². The number of amides is 1. The average Bonchev–Trinajstić information content (AvgIpc) is 3.00. The van der Waals surface area contributed by atoms with Gasteiger partial charge in [-0.05, 0) is 66.1 Å². The number of rotatable bonds is 5. The van der Waals surface area contributed by atoms with Gasteiger partial charge in [0, 0.05) is 18.0 Å². The highest BCUT2D eigenvalue weighted by atomic mass is 19.3. The van der Waals surface area contributed by atoms with Gasteiger partial charge in [0.25, 0.3) is 5.91 Å². The van der Waals surface area contributed by atoms with Gasteiger partial charge in [-0.3, -0.25) is 4.79 Å². The number of aromatic amines is 1. The zero-order valence-corrected chi connectivity index (χ0v) is 15.1. The van der Waals surface area contributed by atoms with E-state index < -0.39 is 29.8 Å². The maximum Gasteiger partial charge on any atom is 0.315 e. The highest BCUT2D eigenvalue weighted by Crippen LogP contribution is 2.48. The van der Waals surface area contributed by atoms with Crippen molar-refractivity contribution in [3.63, 3.8) is 0 Å². The maximum absolute atomic E-state index is 14.3. The number of nitrogens with one attached hydrogen (secondary N) is 2. The third-order valence-electron chi connectivity index (χ3n) is 5.40. The van der Waals surface area contributed by atoms with Crippen LogP contribution < -0.4 is 5.32 Å². The summed E-state index contributed by atoms with van der Waals surface area (Å²) in [4.78, 5) is 14.0. The minimum Gasteiger partial charge on any atom is -0.352 e. The van der Waals surface area contributed by atoms with E-state index in [2.05, 4.69) is 10.3 Å². The molecule has 3 nitrogen and oxygen atoms in total. The lowest BCUT2D eigenvalue weighted by molar-refractivity contribution is -0.132. The van der Waals surface area contributed by atoms with E-state index in [4.69, 9.17) is 0 Å². The van der Waals surface area contributed by atoms with E-state index >= 15 is 0 Å². The fourth-order valence-corrected chi connectivity index (χ4v) is 3.97. The summed E-state index contributed by atoms with van der Waals surface area (Å²) in [6.07, 6.45) is -1.92. The van der Waals surface area contributed by atoms with Gasteiger partial charge < -0.3 is 10.3 Å². The van der Waals surface area contributed by atoms with Crippen LogP contribution in [0.3, 0.4) is 0 Å². The number of carbonyl (C=O) groups is 1. The molecule has 1 aromatic heterocycles. The highest BCUT2D eigenvalue weighted by Gasteiger charge is 2.35. The van der Waals surface area contributed by atoms with Crippen LogP contribution in [-0.2, 0) is 4.79 Å². The predicted octanol–water partition coefficient (Wildman–Crippen LogP) is 5.13. The second-order valence-corrected chi connectivity index (χ2v) is 7.31. The SMILES string of the molecule is O=C(NC[C@H]1C[C@@H](c2c(-c3ccc(F)cc3)[nH]c3c(F)cc(F)cc32)C1)C(F)F. The Hall–Kier alpha value is -2.90. The number of aromatic nitrogens is 1. The summed E-state index contributed by atoms with van der Waals surface area (Å²) >= 11 is 0. The molecule has 152 valence electrons. The predicted molar refractivity (Wildman–Crippen MR) is 98.1 cm³/mol. The van der Waals surface area contributed by atoms with Crippen molar-refractivity contribution < 1.29 is 26.7 Å². The molecule has 0 saturated heterocycles. The van der Waals surface area contributed by atoms with Gasteiger partial charge in [-0.25, -0.2) is 13.2 Å². The Morgan fingerprint density at radius 1 is 1.07 bits per heavy atom. The topological polar surface area (TPSA) is 44.9 Å². The molecule has 4 rings (SSSR count). The van der Waals surface area contributed by atoms with Crippen molar-refractivity contribution in [1.29, 1.82) is 0 Å². The molecular weight excluding hydrogens is 391 g/mol. The molecule has 1 aliphatic rings. The van der Waals surface area contributed by atoms with E-state index in [-0.39, 0.29) is 23.9 Å². The summed E-state index contributed by atoms with van der Waals surface area (Å²) in [5, 5.41) is 2.60. The highest BCUT2D eigenvalue weighted by molar-refractivity contribution is 5.92. The summed E-state index contributed by atoms with van der Waals surface area (Å²) < 4.78 is 66.1. The van der Waals surface area contributed by atoms with Gasteiger partial charge in [-0.1, -0.05) is 0 Å². The fourth-order valence-electron chi connectivity index (χ4n) is 3.97. The lowest BCUT2D eigenvalue weighted by Gasteiger charge is -2.36. The number of hydrogen-bond acceptors (Lipinski definition) is 1. The van der Waals surface area contributed by atoms with Crippen LogP contribution in [0.5, 0.6) is 0 Å². The van der Waals surface area contributed by atoms with Crippen LogP contribution in [0.2, 0.25) is 0 Å². The quantitative estimate of drug-likeness (QED) is 0.565. The molecule has 3 aromatic rings. The molecule has 0 atom stereocenters. The molecule has 1 fully saturated rings. The zero-order valence-electron chi connectivity index (χ0n) is 15.1. The smallest absolute Gasteiger partial charge is 0.315 e. The third-order valence-corrected chi connectivity index (χ3v) is 5.40. The average molecular weight is 408 g/mol. The summed E-state index contributed by atoms with van der Waals surface area (Å²) in [6.45, 7) is 0.122. The number of H-pyrrole nitrogens is 1. The van der Waals surface area contributed by atoms with Gasteiger partial charge in [0.2, 0.25) is 0 Å². The molecular formula is C21H17F5N2O. The minimum atomic E-state index is -3.06. The van der Waals surface area contributed by atoms with Crippen molar-refractivity contribution in [3.8, 4) is 11.3 Å². The third kappa shape index (κ3) is 3.71.